The van der Waals surface area contributed by atoms with Crippen LogP contribution in [0, 0.1) is 13.3 Å². The molecule has 1 fully saturated rings. The van der Waals surface area contributed by atoms with E-state index in [1.165, 1.54) is 0 Å². The number of fused-ring (bicyclic) bond motifs is 1. The van der Waals surface area contributed by atoms with Crippen molar-refractivity contribution in [2.24, 2.45) is 0 Å². The number of aromatic nitrogens is 2. The third kappa shape index (κ3) is 2.39. The van der Waals surface area contributed by atoms with E-state index in [-0.39, 0.29) is 51.6 Å². The molecule has 0 saturated carbocycles. The van der Waals surface area contributed by atoms with E-state index >= 15 is 0 Å². The second-order valence-corrected chi connectivity index (χ2v) is 4.26. The van der Waals surface area contributed by atoms with Gasteiger partial charge in [-0.2, -0.15) is 0 Å². The molecule has 2 unspecified atom stereocenters. The summed E-state index contributed by atoms with van der Waals surface area (Å²) >= 11 is 0. The zero-order valence-corrected chi connectivity index (χ0v) is 13.0. The third-order valence-electron chi connectivity index (χ3n) is 3.16. The second kappa shape index (κ2) is 5.78. The van der Waals surface area contributed by atoms with Crippen LogP contribution < -0.4 is 10.2 Å². The summed E-state index contributed by atoms with van der Waals surface area (Å²) in [6.07, 6.45) is 4.20. The maximum absolute atomic E-state index is 9.06. The van der Waals surface area contributed by atoms with Gasteiger partial charge in [0.05, 0.1) is 25.1 Å². The van der Waals surface area contributed by atoms with Crippen LogP contribution in [-0.4, -0.2) is 40.7 Å². The van der Waals surface area contributed by atoms with Gasteiger partial charge in [0, 0.05) is 38.9 Å². The molecular formula is C11H15N4O2Y-. The Morgan fingerprint density at radius 3 is 3.17 bits per heavy atom. The quantitative estimate of drug-likeness (QED) is 0.762. The van der Waals surface area contributed by atoms with Crippen molar-refractivity contribution < 1.29 is 42.6 Å². The Labute approximate surface area is 131 Å². The Morgan fingerprint density at radius 1 is 1.61 bits per heavy atom. The minimum atomic E-state index is -0.116. The van der Waals surface area contributed by atoms with Crippen molar-refractivity contribution in [1.82, 2.24) is 9.97 Å². The topological polar surface area (TPSA) is 70.5 Å². The van der Waals surface area contributed by atoms with Crippen molar-refractivity contribution in [3.63, 3.8) is 0 Å². The summed E-state index contributed by atoms with van der Waals surface area (Å²) in [5.41, 5.74) is 1.91. The van der Waals surface area contributed by atoms with Crippen LogP contribution in [0.25, 0.3) is 0 Å². The van der Waals surface area contributed by atoms with Gasteiger partial charge in [0.15, 0.2) is 5.82 Å². The van der Waals surface area contributed by atoms with E-state index in [4.69, 9.17) is 9.84 Å². The predicted molar refractivity (Wildman–Crippen MR) is 62.4 cm³/mol. The number of anilines is 2. The van der Waals surface area contributed by atoms with Crippen molar-refractivity contribution >= 4 is 11.5 Å². The molecule has 0 amide bonds. The van der Waals surface area contributed by atoms with Crippen molar-refractivity contribution in [2.45, 2.75) is 25.7 Å². The molecule has 0 aromatic carbocycles. The first-order valence-corrected chi connectivity index (χ1v) is 5.71. The van der Waals surface area contributed by atoms with Crippen LogP contribution in [0.4, 0.5) is 11.5 Å². The van der Waals surface area contributed by atoms with Crippen molar-refractivity contribution in [1.29, 1.82) is 0 Å². The zero-order valence-electron chi connectivity index (χ0n) is 10.2. The molecule has 0 bridgehead atoms. The van der Waals surface area contributed by atoms with Crippen molar-refractivity contribution in [3.05, 3.63) is 18.4 Å². The smallest absolute Gasteiger partial charge is 0.157 e. The van der Waals surface area contributed by atoms with Gasteiger partial charge >= 0.3 is 0 Å². The Balaban J connectivity index is 0.00000120. The monoisotopic (exact) mass is 324 g/mol. The van der Waals surface area contributed by atoms with E-state index in [0.717, 1.165) is 23.6 Å². The average molecular weight is 324 g/mol. The average Bonchev–Trinajstić information content (AvgIpc) is 2.94. The number of aryl methyl sites for hydroxylation is 1. The van der Waals surface area contributed by atoms with Crippen LogP contribution in [0.1, 0.15) is 12.1 Å². The largest absolute Gasteiger partial charge is 0.394 e. The van der Waals surface area contributed by atoms with E-state index < -0.39 is 0 Å². The van der Waals surface area contributed by atoms with E-state index in [1.807, 2.05) is 11.8 Å². The molecule has 1 radical (unpaired) electrons. The Kier molecular flexibility index (Phi) is 4.53. The first-order valence-electron chi connectivity index (χ1n) is 5.71. The van der Waals surface area contributed by atoms with Crippen LogP contribution in [0.15, 0.2) is 6.33 Å². The maximum atomic E-state index is 9.06. The van der Waals surface area contributed by atoms with Gasteiger partial charge in [-0.25, -0.2) is 9.97 Å². The summed E-state index contributed by atoms with van der Waals surface area (Å²) in [6.45, 7) is 2.67. The van der Waals surface area contributed by atoms with Crippen molar-refractivity contribution in [3.8, 4) is 0 Å². The first kappa shape index (κ1) is 14.1. The standard InChI is InChI=1S/C11H15N4O2.Y/c1-7-10-11(13-5-12-7)15(6-14-10)9-3-2-8(4-16)17-9;/h3,5,8-9,14,16H,2,4,6H2,1H3;/q-1;. The SMILES string of the molecule is Cc1ncnc2c1NCN2C1[CH-]CC(CO)O1.[Y]. The van der Waals surface area contributed by atoms with E-state index in [9.17, 15) is 0 Å². The number of hydrogen-bond donors (Lipinski definition) is 2. The number of rotatable bonds is 2. The van der Waals surface area contributed by atoms with Gasteiger partial charge in [-0.1, -0.05) is 0 Å². The maximum Gasteiger partial charge on any atom is 0.157 e. The minimum absolute atomic E-state index is 0. The molecule has 2 aliphatic rings. The van der Waals surface area contributed by atoms with Gasteiger partial charge in [-0.3, -0.25) is 6.42 Å². The Bertz CT molecular complexity index is 432. The Morgan fingerprint density at radius 2 is 2.44 bits per heavy atom. The van der Waals surface area contributed by atoms with Crippen LogP contribution in [-0.2, 0) is 37.4 Å². The molecule has 0 spiro atoms. The summed E-state index contributed by atoms with van der Waals surface area (Å²) < 4.78 is 5.71. The minimum Gasteiger partial charge on any atom is -0.394 e. The molecule has 6 nitrogen and oxygen atoms in total. The van der Waals surface area contributed by atoms with Crippen LogP contribution in [0.2, 0.25) is 0 Å². The number of aliphatic hydroxyl groups is 1. The number of ether oxygens (including phenoxy) is 1. The molecule has 95 valence electrons. The Hall–Kier alpha value is -0.296. The summed E-state index contributed by atoms with van der Waals surface area (Å²) in [4.78, 5) is 10.5. The fraction of sp³-hybridized carbons (Fsp3) is 0.545. The molecule has 2 aliphatic heterocycles. The molecule has 2 atom stereocenters. The summed E-state index contributed by atoms with van der Waals surface area (Å²) in [5, 5.41) is 12.3. The summed E-state index contributed by atoms with van der Waals surface area (Å²) in [6, 6.07) is 0. The number of hydrogen-bond acceptors (Lipinski definition) is 6. The normalized spacial score (nSPS) is 25.6. The van der Waals surface area contributed by atoms with Crippen LogP contribution >= 0.6 is 0 Å². The molecule has 3 rings (SSSR count). The number of nitrogens with zero attached hydrogens (tertiary/aromatic N) is 3. The van der Waals surface area contributed by atoms with Crippen molar-refractivity contribution in [2.75, 3.05) is 23.5 Å². The molecule has 1 aromatic heterocycles. The second-order valence-electron chi connectivity index (χ2n) is 4.26. The van der Waals surface area contributed by atoms with E-state index in [1.54, 1.807) is 6.33 Å². The predicted octanol–water partition coefficient (Wildman–Crippen LogP) is 0.284. The fourth-order valence-corrected chi connectivity index (χ4v) is 2.23. The number of aliphatic hydroxyl groups excluding tert-OH is 1. The van der Waals surface area contributed by atoms with Crippen LogP contribution in [0.5, 0.6) is 0 Å². The van der Waals surface area contributed by atoms with Gasteiger partial charge in [-0.15, -0.1) is 6.42 Å². The number of nitrogens with one attached hydrogen (secondary N) is 1. The molecular weight excluding hydrogens is 309 g/mol. The van der Waals surface area contributed by atoms with Gasteiger partial charge < -0.3 is 20.1 Å². The van der Waals surface area contributed by atoms with Gasteiger partial charge in [-0.05, 0) is 6.92 Å². The molecule has 18 heavy (non-hydrogen) atoms. The molecule has 0 aliphatic carbocycles. The zero-order chi connectivity index (χ0) is 11.8. The third-order valence-corrected chi connectivity index (χ3v) is 3.16. The first-order chi connectivity index (χ1) is 8.29. The van der Waals surface area contributed by atoms with Crippen LogP contribution in [0.3, 0.4) is 0 Å². The molecule has 1 saturated heterocycles. The van der Waals surface area contributed by atoms with E-state index in [0.29, 0.717) is 6.67 Å². The van der Waals surface area contributed by atoms with E-state index in [2.05, 4.69) is 21.7 Å². The summed E-state index contributed by atoms with van der Waals surface area (Å²) in [7, 11) is 0. The van der Waals surface area contributed by atoms with Gasteiger partial charge in [0.1, 0.15) is 12.0 Å². The van der Waals surface area contributed by atoms with Gasteiger partial charge in [0.2, 0.25) is 0 Å². The molecule has 7 heteroatoms. The molecule has 3 heterocycles. The molecule has 2 N–H and O–H groups in total. The summed E-state index contributed by atoms with van der Waals surface area (Å²) in [5.74, 6) is 0.873. The molecule has 1 aromatic rings. The van der Waals surface area contributed by atoms with Gasteiger partial charge in [0.25, 0.3) is 0 Å². The fourth-order valence-electron chi connectivity index (χ4n) is 2.23.